The average molecular weight is 138 g/mol. The van der Waals surface area contributed by atoms with Gasteiger partial charge in [0.1, 0.15) is 6.10 Å². The first kappa shape index (κ1) is 5.96. The van der Waals surface area contributed by atoms with Gasteiger partial charge in [0, 0.05) is 0 Å². The minimum absolute atomic E-state index is 0.0128. The van der Waals surface area contributed by atoms with Gasteiger partial charge < -0.3 is 4.74 Å². The summed E-state index contributed by atoms with van der Waals surface area (Å²) in [5.41, 5.74) is 0. The molecular weight excluding hydrogens is 128 g/mol. The van der Waals surface area contributed by atoms with Gasteiger partial charge in [-0.1, -0.05) is 6.08 Å². The van der Waals surface area contributed by atoms with E-state index in [9.17, 15) is 4.79 Å². The Hall–Kier alpha value is -0.790. The van der Waals surface area contributed by atoms with E-state index in [0.29, 0.717) is 5.92 Å². The summed E-state index contributed by atoms with van der Waals surface area (Å²) in [7, 11) is 0. The van der Waals surface area contributed by atoms with Crippen LogP contribution in [0.4, 0.5) is 0 Å². The molecule has 54 valence electrons. The van der Waals surface area contributed by atoms with Crippen molar-refractivity contribution in [3.63, 3.8) is 0 Å². The van der Waals surface area contributed by atoms with Crippen molar-refractivity contribution >= 4 is 5.97 Å². The van der Waals surface area contributed by atoms with Crippen LogP contribution in [0.25, 0.3) is 0 Å². The van der Waals surface area contributed by atoms with E-state index in [4.69, 9.17) is 4.74 Å². The first-order chi connectivity index (χ1) is 4.81. The van der Waals surface area contributed by atoms with Gasteiger partial charge in [-0.05, 0) is 18.8 Å². The number of fused-ring (bicyclic) bond motifs is 2. The second kappa shape index (κ2) is 1.84. The molecule has 0 aromatic heterocycles. The predicted molar refractivity (Wildman–Crippen MR) is 36.3 cm³/mol. The van der Waals surface area contributed by atoms with Gasteiger partial charge in [0.2, 0.25) is 0 Å². The standard InChI is InChI=1S/C8H10O2/c1-2-5-3-6-4-7(5)8(9)10-6/h2,5-7H,1,3-4H2/t5-,6+,7+/m1/s1. The molecule has 2 aliphatic rings. The van der Waals surface area contributed by atoms with Gasteiger partial charge in [-0.15, -0.1) is 6.58 Å². The lowest BCUT2D eigenvalue weighted by molar-refractivity contribution is -0.149. The first-order valence-electron chi connectivity index (χ1n) is 3.64. The quantitative estimate of drug-likeness (QED) is 0.401. The molecule has 10 heavy (non-hydrogen) atoms. The SMILES string of the molecule is C=C[C@@H]1C[C@H]2C[C@@H]1C(=O)O2. The number of esters is 1. The predicted octanol–water partition coefficient (Wildman–Crippen LogP) is 1.12. The van der Waals surface area contributed by atoms with Crippen LogP contribution in [-0.2, 0) is 9.53 Å². The molecule has 2 fully saturated rings. The second-order valence-corrected chi connectivity index (χ2v) is 3.04. The lowest BCUT2D eigenvalue weighted by Gasteiger charge is -2.16. The highest BCUT2D eigenvalue weighted by Crippen LogP contribution is 2.41. The van der Waals surface area contributed by atoms with Crippen molar-refractivity contribution in [3.8, 4) is 0 Å². The van der Waals surface area contributed by atoms with Crippen LogP contribution in [0.2, 0.25) is 0 Å². The van der Waals surface area contributed by atoms with Gasteiger partial charge in [-0.2, -0.15) is 0 Å². The van der Waals surface area contributed by atoms with Crippen molar-refractivity contribution in [1.29, 1.82) is 0 Å². The van der Waals surface area contributed by atoms with Crippen molar-refractivity contribution < 1.29 is 9.53 Å². The maximum atomic E-state index is 10.9. The highest BCUT2D eigenvalue weighted by molar-refractivity contribution is 5.76. The number of carbonyl (C=O) groups is 1. The van der Waals surface area contributed by atoms with Crippen molar-refractivity contribution in [2.75, 3.05) is 0 Å². The van der Waals surface area contributed by atoms with Crippen molar-refractivity contribution in [2.45, 2.75) is 18.9 Å². The fourth-order valence-electron chi connectivity index (χ4n) is 1.90. The molecule has 3 atom stereocenters. The van der Waals surface area contributed by atoms with E-state index in [0.717, 1.165) is 12.8 Å². The molecule has 1 saturated carbocycles. The van der Waals surface area contributed by atoms with Crippen LogP contribution in [0.15, 0.2) is 12.7 Å². The summed E-state index contributed by atoms with van der Waals surface area (Å²) < 4.78 is 5.01. The van der Waals surface area contributed by atoms with Gasteiger partial charge in [0.15, 0.2) is 0 Å². The zero-order valence-electron chi connectivity index (χ0n) is 5.75. The fraction of sp³-hybridized carbons (Fsp3) is 0.625. The third-order valence-corrected chi connectivity index (χ3v) is 2.46. The molecule has 0 spiro atoms. The Bertz CT molecular complexity index is 184. The van der Waals surface area contributed by atoms with Crippen molar-refractivity contribution in [3.05, 3.63) is 12.7 Å². The monoisotopic (exact) mass is 138 g/mol. The fourth-order valence-corrected chi connectivity index (χ4v) is 1.90. The largest absolute Gasteiger partial charge is 0.462 e. The lowest BCUT2D eigenvalue weighted by Crippen LogP contribution is -2.21. The summed E-state index contributed by atoms with van der Waals surface area (Å²) in [6, 6.07) is 0. The molecule has 0 radical (unpaired) electrons. The molecule has 1 aliphatic carbocycles. The molecule has 2 rings (SSSR count). The molecule has 2 bridgehead atoms. The molecular formula is C8H10O2. The summed E-state index contributed by atoms with van der Waals surface area (Å²) in [6.07, 6.45) is 4.01. The summed E-state index contributed by atoms with van der Waals surface area (Å²) >= 11 is 0. The second-order valence-electron chi connectivity index (χ2n) is 3.04. The Labute approximate surface area is 59.9 Å². The van der Waals surface area contributed by atoms with Crippen LogP contribution in [0, 0.1) is 11.8 Å². The Morgan fingerprint density at radius 1 is 1.60 bits per heavy atom. The first-order valence-corrected chi connectivity index (χ1v) is 3.64. The highest BCUT2D eigenvalue weighted by Gasteiger charge is 2.46. The van der Waals surface area contributed by atoms with Gasteiger partial charge in [-0.25, -0.2) is 0 Å². The molecule has 0 unspecified atom stereocenters. The van der Waals surface area contributed by atoms with Crippen LogP contribution in [0.3, 0.4) is 0 Å². The molecule has 2 nitrogen and oxygen atoms in total. The number of hydrogen-bond donors (Lipinski definition) is 0. The van der Waals surface area contributed by atoms with Crippen LogP contribution < -0.4 is 0 Å². The summed E-state index contributed by atoms with van der Waals surface area (Å²) in [6.45, 7) is 3.69. The zero-order chi connectivity index (χ0) is 7.14. The van der Waals surface area contributed by atoms with Gasteiger partial charge in [0.05, 0.1) is 5.92 Å². The van der Waals surface area contributed by atoms with E-state index >= 15 is 0 Å². The minimum atomic E-state index is -0.0128. The number of rotatable bonds is 1. The number of carbonyl (C=O) groups excluding carboxylic acids is 1. The summed E-state index contributed by atoms with van der Waals surface area (Å²) in [5, 5.41) is 0. The molecule has 1 saturated heterocycles. The molecule has 0 amide bonds. The molecule has 0 N–H and O–H groups in total. The Balaban J connectivity index is 2.19. The van der Waals surface area contributed by atoms with E-state index in [1.807, 2.05) is 6.08 Å². The van der Waals surface area contributed by atoms with E-state index in [1.165, 1.54) is 0 Å². The van der Waals surface area contributed by atoms with E-state index < -0.39 is 0 Å². The van der Waals surface area contributed by atoms with Crippen LogP contribution in [0.5, 0.6) is 0 Å². The van der Waals surface area contributed by atoms with Crippen LogP contribution in [-0.4, -0.2) is 12.1 Å². The van der Waals surface area contributed by atoms with Gasteiger partial charge >= 0.3 is 5.97 Å². The molecule has 0 aromatic rings. The Morgan fingerprint density at radius 3 is 2.80 bits per heavy atom. The van der Waals surface area contributed by atoms with Crippen molar-refractivity contribution in [2.24, 2.45) is 11.8 Å². The third kappa shape index (κ3) is 0.618. The van der Waals surface area contributed by atoms with Crippen LogP contribution >= 0.6 is 0 Å². The normalized spacial score (nSPS) is 43.6. The van der Waals surface area contributed by atoms with E-state index in [-0.39, 0.29) is 18.0 Å². The number of ether oxygens (including phenoxy) is 1. The highest BCUT2D eigenvalue weighted by atomic mass is 16.6. The molecule has 1 heterocycles. The number of hydrogen-bond acceptors (Lipinski definition) is 2. The maximum absolute atomic E-state index is 10.9. The number of allylic oxidation sites excluding steroid dienone is 1. The van der Waals surface area contributed by atoms with Crippen LogP contribution in [0.1, 0.15) is 12.8 Å². The molecule has 0 aromatic carbocycles. The topological polar surface area (TPSA) is 26.3 Å². The summed E-state index contributed by atoms with van der Waals surface area (Å²) in [4.78, 5) is 10.9. The maximum Gasteiger partial charge on any atom is 0.309 e. The van der Waals surface area contributed by atoms with Gasteiger partial charge in [-0.3, -0.25) is 4.79 Å². The molecule has 2 heteroatoms. The zero-order valence-corrected chi connectivity index (χ0v) is 5.75. The summed E-state index contributed by atoms with van der Waals surface area (Å²) in [5.74, 6) is 0.523. The lowest BCUT2D eigenvalue weighted by atomic mass is 9.96. The molecule has 1 aliphatic heterocycles. The smallest absolute Gasteiger partial charge is 0.309 e. The van der Waals surface area contributed by atoms with Crippen molar-refractivity contribution in [1.82, 2.24) is 0 Å². The average Bonchev–Trinajstić information content (AvgIpc) is 2.44. The van der Waals surface area contributed by atoms with E-state index in [2.05, 4.69) is 6.58 Å². The Kier molecular flexibility index (Phi) is 1.10. The van der Waals surface area contributed by atoms with Gasteiger partial charge in [0.25, 0.3) is 0 Å². The third-order valence-electron chi connectivity index (χ3n) is 2.46. The minimum Gasteiger partial charge on any atom is -0.462 e. The Morgan fingerprint density at radius 2 is 2.40 bits per heavy atom. The van der Waals surface area contributed by atoms with E-state index in [1.54, 1.807) is 0 Å².